The van der Waals surface area contributed by atoms with Crippen molar-refractivity contribution >= 4 is 38.9 Å². The van der Waals surface area contributed by atoms with E-state index in [1.807, 2.05) is 50.2 Å². The molecule has 100 valence electrons. The first-order chi connectivity index (χ1) is 9.56. The third-order valence-electron chi connectivity index (χ3n) is 3.31. The number of carbonyl (C=O) groups is 1. The van der Waals surface area contributed by atoms with Crippen LogP contribution in [-0.4, -0.2) is 11.6 Å². The standard InChI is InChI=1S/C16H13BrN2O/c1-9-7-11(8-10(2)14(9)17)18-15-12-5-3-4-6-13(12)19-16(15)20/h3-8H,1-2H3,(H,18,19,20). The van der Waals surface area contributed by atoms with E-state index < -0.39 is 0 Å². The van der Waals surface area contributed by atoms with Crippen LogP contribution < -0.4 is 5.32 Å². The highest BCUT2D eigenvalue weighted by Gasteiger charge is 2.25. The van der Waals surface area contributed by atoms with Crippen LogP contribution in [0.1, 0.15) is 16.7 Å². The molecule has 0 atom stereocenters. The van der Waals surface area contributed by atoms with Gasteiger partial charge in [-0.15, -0.1) is 0 Å². The fourth-order valence-electron chi connectivity index (χ4n) is 2.33. The van der Waals surface area contributed by atoms with E-state index in [1.54, 1.807) is 0 Å². The number of rotatable bonds is 1. The molecule has 1 amide bonds. The molecule has 3 nitrogen and oxygen atoms in total. The molecule has 2 aromatic carbocycles. The van der Waals surface area contributed by atoms with Gasteiger partial charge in [0, 0.05) is 10.0 Å². The first kappa shape index (κ1) is 13.1. The molecule has 1 aliphatic rings. The Morgan fingerprint density at radius 1 is 1.10 bits per heavy atom. The largest absolute Gasteiger partial charge is 0.320 e. The second-order valence-corrected chi connectivity index (χ2v) is 5.65. The molecule has 0 aliphatic carbocycles. The first-order valence-corrected chi connectivity index (χ1v) is 7.12. The van der Waals surface area contributed by atoms with E-state index in [0.717, 1.165) is 32.5 Å². The number of nitrogens with zero attached hydrogens (tertiary/aromatic N) is 1. The van der Waals surface area contributed by atoms with E-state index in [2.05, 4.69) is 26.2 Å². The van der Waals surface area contributed by atoms with Crippen molar-refractivity contribution in [2.45, 2.75) is 13.8 Å². The number of aryl methyl sites for hydroxylation is 2. The van der Waals surface area contributed by atoms with Crippen LogP contribution in [0.5, 0.6) is 0 Å². The zero-order valence-corrected chi connectivity index (χ0v) is 12.8. The second-order valence-electron chi connectivity index (χ2n) is 4.85. The molecule has 4 heteroatoms. The summed E-state index contributed by atoms with van der Waals surface area (Å²) in [4.78, 5) is 16.5. The van der Waals surface area contributed by atoms with Crippen molar-refractivity contribution in [1.82, 2.24) is 0 Å². The van der Waals surface area contributed by atoms with Gasteiger partial charge in [0.05, 0.1) is 11.4 Å². The van der Waals surface area contributed by atoms with Crippen molar-refractivity contribution in [2.24, 2.45) is 4.99 Å². The number of fused-ring (bicyclic) bond motifs is 1. The average molecular weight is 329 g/mol. The molecular formula is C16H13BrN2O. The summed E-state index contributed by atoms with van der Waals surface area (Å²) in [7, 11) is 0. The minimum atomic E-state index is -0.149. The number of halogens is 1. The van der Waals surface area contributed by atoms with Gasteiger partial charge in [0.1, 0.15) is 5.71 Å². The summed E-state index contributed by atoms with van der Waals surface area (Å²) < 4.78 is 1.08. The lowest BCUT2D eigenvalue weighted by Crippen LogP contribution is -2.13. The normalized spacial score (nSPS) is 15.3. The van der Waals surface area contributed by atoms with Crippen molar-refractivity contribution in [1.29, 1.82) is 0 Å². The average Bonchev–Trinajstić information content (AvgIpc) is 2.73. The molecule has 1 heterocycles. The number of amides is 1. The molecule has 0 fully saturated rings. The molecule has 20 heavy (non-hydrogen) atoms. The summed E-state index contributed by atoms with van der Waals surface area (Å²) in [5, 5.41) is 2.83. The van der Waals surface area contributed by atoms with Crippen LogP contribution in [0.15, 0.2) is 45.9 Å². The number of para-hydroxylation sites is 1. The maximum absolute atomic E-state index is 12.0. The lowest BCUT2D eigenvalue weighted by Gasteiger charge is -2.05. The van der Waals surface area contributed by atoms with E-state index in [-0.39, 0.29) is 5.91 Å². The minimum Gasteiger partial charge on any atom is -0.320 e. The molecular weight excluding hydrogens is 316 g/mol. The minimum absolute atomic E-state index is 0.149. The lowest BCUT2D eigenvalue weighted by molar-refractivity contribution is -0.110. The summed E-state index contributed by atoms with van der Waals surface area (Å²) in [6.07, 6.45) is 0. The lowest BCUT2D eigenvalue weighted by atomic mass is 10.1. The van der Waals surface area contributed by atoms with Crippen LogP contribution in [0.3, 0.4) is 0 Å². The van der Waals surface area contributed by atoms with Gasteiger partial charge in [0.15, 0.2) is 0 Å². The molecule has 0 bridgehead atoms. The number of aliphatic imine (C=N–C) groups is 1. The Morgan fingerprint density at radius 3 is 2.45 bits per heavy atom. The first-order valence-electron chi connectivity index (χ1n) is 6.32. The molecule has 0 radical (unpaired) electrons. The van der Waals surface area contributed by atoms with E-state index in [9.17, 15) is 4.79 Å². The van der Waals surface area contributed by atoms with Crippen LogP contribution >= 0.6 is 15.9 Å². The fraction of sp³-hybridized carbons (Fsp3) is 0.125. The van der Waals surface area contributed by atoms with E-state index in [0.29, 0.717) is 5.71 Å². The highest BCUT2D eigenvalue weighted by atomic mass is 79.9. The smallest absolute Gasteiger partial charge is 0.275 e. The Balaban J connectivity index is 2.11. The van der Waals surface area contributed by atoms with Gasteiger partial charge in [-0.1, -0.05) is 34.1 Å². The summed E-state index contributed by atoms with van der Waals surface area (Å²) in [6.45, 7) is 4.03. The highest BCUT2D eigenvalue weighted by molar-refractivity contribution is 9.10. The predicted octanol–water partition coefficient (Wildman–Crippen LogP) is 4.14. The van der Waals surface area contributed by atoms with E-state index in [1.165, 1.54) is 0 Å². The van der Waals surface area contributed by atoms with E-state index in [4.69, 9.17) is 0 Å². The Hall–Kier alpha value is -1.94. The third-order valence-corrected chi connectivity index (χ3v) is 4.56. The van der Waals surface area contributed by atoms with Gasteiger partial charge in [-0.25, -0.2) is 4.99 Å². The van der Waals surface area contributed by atoms with E-state index >= 15 is 0 Å². The molecule has 1 aliphatic heterocycles. The van der Waals surface area contributed by atoms with Gasteiger partial charge in [0.2, 0.25) is 0 Å². The topological polar surface area (TPSA) is 41.5 Å². The van der Waals surface area contributed by atoms with Gasteiger partial charge in [-0.3, -0.25) is 4.79 Å². The molecule has 1 N–H and O–H groups in total. The highest BCUT2D eigenvalue weighted by Crippen LogP contribution is 2.29. The van der Waals surface area contributed by atoms with Gasteiger partial charge in [-0.05, 0) is 43.2 Å². The Bertz CT molecular complexity index is 727. The zero-order chi connectivity index (χ0) is 14.3. The summed E-state index contributed by atoms with van der Waals surface area (Å²) in [6, 6.07) is 11.5. The maximum atomic E-state index is 12.0. The molecule has 2 aromatic rings. The van der Waals surface area contributed by atoms with Crippen molar-refractivity contribution in [3.8, 4) is 0 Å². The maximum Gasteiger partial charge on any atom is 0.275 e. The number of carbonyl (C=O) groups excluding carboxylic acids is 1. The Kier molecular flexibility index (Phi) is 3.18. The molecule has 3 rings (SSSR count). The number of hydrogen-bond donors (Lipinski definition) is 1. The summed E-state index contributed by atoms with van der Waals surface area (Å²) >= 11 is 3.54. The molecule has 0 unspecified atom stereocenters. The molecule has 0 saturated carbocycles. The van der Waals surface area contributed by atoms with Gasteiger partial charge in [0.25, 0.3) is 5.91 Å². The number of anilines is 1. The Morgan fingerprint density at radius 2 is 1.75 bits per heavy atom. The van der Waals surface area contributed by atoms with Crippen molar-refractivity contribution in [2.75, 3.05) is 5.32 Å². The number of hydrogen-bond acceptors (Lipinski definition) is 2. The van der Waals surface area contributed by atoms with Crippen molar-refractivity contribution in [3.05, 3.63) is 57.6 Å². The fourth-order valence-corrected chi connectivity index (χ4v) is 2.56. The third kappa shape index (κ3) is 2.16. The van der Waals surface area contributed by atoms with Crippen LogP contribution in [-0.2, 0) is 4.79 Å². The molecule has 0 spiro atoms. The van der Waals surface area contributed by atoms with Gasteiger partial charge in [-0.2, -0.15) is 0 Å². The van der Waals surface area contributed by atoms with Crippen LogP contribution in [0.4, 0.5) is 11.4 Å². The second kappa shape index (κ2) is 4.87. The summed E-state index contributed by atoms with van der Waals surface area (Å²) in [5.41, 5.74) is 5.16. The zero-order valence-electron chi connectivity index (χ0n) is 11.2. The van der Waals surface area contributed by atoms with Gasteiger partial charge < -0.3 is 5.32 Å². The molecule has 0 saturated heterocycles. The monoisotopic (exact) mass is 328 g/mol. The van der Waals surface area contributed by atoms with Crippen molar-refractivity contribution < 1.29 is 4.79 Å². The quantitative estimate of drug-likeness (QED) is 0.839. The van der Waals surface area contributed by atoms with Crippen molar-refractivity contribution in [3.63, 3.8) is 0 Å². The Labute approximate surface area is 125 Å². The number of benzene rings is 2. The van der Waals surface area contributed by atoms with Crippen LogP contribution in [0, 0.1) is 13.8 Å². The SMILES string of the molecule is Cc1cc(N=C2C(=O)Nc3ccccc32)cc(C)c1Br. The van der Waals surface area contributed by atoms with Crippen LogP contribution in [0.2, 0.25) is 0 Å². The predicted molar refractivity (Wildman–Crippen MR) is 84.9 cm³/mol. The molecule has 0 aromatic heterocycles. The summed E-state index contributed by atoms with van der Waals surface area (Å²) in [5.74, 6) is -0.149. The number of nitrogens with one attached hydrogen (secondary N) is 1. The van der Waals surface area contributed by atoms with Crippen LogP contribution in [0.25, 0.3) is 0 Å². The van der Waals surface area contributed by atoms with Gasteiger partial charge >= 0.3 is 0 Å².